The Labute approximate surface area is 178 Å². The molecule has 2 amide bonds. The fourth-order valence-electron chi connectivity index (χ4n) is 4.01. The van der Waals surface area contributed by atoms with Gasteiger partial charge in [0.25, 0.3) is 5.91 Å². The lowest BCUT2D eigenvalue weighted by molar-refractivity contribution is -0.118. The number of aromatic nitrogens is 6. The molecule has 1 saturated heterocycles. The van der Waals surface area contributed by atoms with E-state index in [1.165, 1.54) is 6.20 Å². The van der Waals surface area contributed by atoms with Crippen LogP contribution in [0.3, 0.4) is 0 Å². The molecule has 1 aliphatic heterocycles. The van der Waals surface area contributed by atoms with E-state index < -0.39 is 0 Å². The number of aryl methyl sites for hydroxylation is 2. The zero-order chi connectivity index (χ0) is 21.7. The molecule has 3 aromatic rings. The molecule has 10 heteroatoms. The Bertz CT molecular complexity index is 1190. The van der Waals surface area contributed by atoms with Crippen LogP contribution < -0.4 is 10.2 Å². The molecule has 2 aliphatic rings. The van der Waals surface area contributed by atoms with Crippen molar-refractivity contribution in [3.05, 3.63) is 53.5 Å². The van der Waals surface area contributed by atoms with E-state index in [4.69, 9.17) is 0 Å². The van der Waals surface area contributed by atoms with Crippen LogP contribution in [0, 0.1) is 25.7 Å². The minimum absolute atomic E-state index is 0.161. The molecular formula is C21H22N8O2. The molecule has 2 fully saturated rings. The van der Waals surface area contributed by atoms with Crippen LogP contribution in [-0.2, 0) is 4.79 Å². The number of nitrogens with one attached hydrogen (secondary N) is 1. The molecule has 3 atom stereocenters. The number of carbonyl (C=O) groups excluding carboxylic acids is 2. The van der Waals surface area contributed by atoms with Gasteiger partial charge in [-0.25, -0.2) is 4.98 Å². The average molecular weight is 418 g/mol. The minimum atomic E-state index is -0.342. The number of carbonyl (C=O) groups is 2. The van der Waals surface area contributed by atoms with Gasteiger partial charge in [0.2, 0.25) is 5.91 Å². The number of fused-ring (bicyclic) bond motifs is 1. The molecule has 31 heavy (non-hydrogen) atoms. The van der Waals surface area contributed by atoms with E-state index in [9.17, 15) is 9.59 Å². The largest absolute Gasteiger partial charge is 0.318 e. The molecule has 1 saturated carbocycles. The van der Waals surface area contributed by atoms with E-state index in [1.807, 2.05) is 19.9 Å². The van der Waals surface area contributed by atoms with Crippen LogP contribution in [-0.4, -0.2) is 48.3 Å². The molecule has 4 heterocycles. The molecule has 0 bridgehead atoms. The summed E-state index contributed by atoms with van der Waals surface area (Å²) in [6.07, 6.45) is 7.34. The summed E-state index contributed by atoms with van der Waals surface area (Å²) in [5.74, 6) is 1.12. The third kappa shape index (κ3) is 3.43. The van der Waals surface area contributed by atoms with Gasteiger partial charge in [0.05, 0.1) is 29.3 Å². The molecule has 1 aliphatic carbocycles. The van der Waals surface area contributed by atoms with Gasteiger partial charge in [0.15, 0.2) is 5.82 Å². The fraction of sp³-hybridized carbons (Fsp3) is 0.381. The SMILES string of the molecule is Cc1cc([C@H](C)n2cc(NC(=O)c3nccnc3C)cn2)nnc1N1C[C@H]2C[C@H]2C1=O. The van der Waals surface area contributed by atoms with Crippen LogP contribution in [0.25, 0.3) is 0 Å². The summed E-state index contributed by atoms with van der Waals surface area (Å²) >= 11 is 0. The highest BCUT2D eigenvalue weighted by molar-refractivity contribution is 6.03. The second-order valence-electron chi connectivity index (χ2n) is 8.16. The predicted octanol–water partition coefficient (Wildman–Crippen LogP) is 1.92. The molecule has 0 spiro atoms. The minimum Gasteiger partial charge on any atom is -0.318 e. The standard InChI is InChI=1S/C21H22N8O2/c1-11-6-17(26-27-19(11)28-9-14-7-16(14)21(28)31)13(3)29-10-15(8-24-29)25-20(30)18-12(2)22-4-5-23-18/h4-6,8,10,13-14,16H,7,9H2,1-3H3,(H,25,30)/t13-,14+,16+/m0/s1. The maximum absolute atomic E-state index is 12.4. The van der Waals surface area contributed by atoms with E-state index in [-0.39, 0.29) is 29.5 Å². The number of hydrogen-bond acceptors (Lipinski definition) is 7. The van der Waals surface area contributed by atoms with Gasteiger partial charge in [-0.3, -0.25) is 24.2 Å². The maximum Gasteiger partial charge on any atom is 0.276 e. The second-order valence-corrected chi connectivity index (χ2v) is 8.16. The predicted molar refractivity (Wildman–Crippen MR) is 111 cm³/mol. The Morgan fingerprint density at radius 3 is 2.74 bits per heavy atom. The molecule has 0 aromatic carbocycles. The first-order chi connectivity index (χ1) is 14.9. The summed E-state index contributed by atoms with van der Waals surface area (Å²) < 4.78 is 1.71. The number of rotatable bonds is 5. The van der Waals surface area contributed by atoms with Crippen molar-refractivity contribution in [3.8, 4) is 0 Å². The van der Waals surface area contributed by atoms with Crippen LogP contribution in [0.15, 0.2) is 30.9 Å². The van der Waals surface area contributed by atoms with Crippen molar-refractivity contribution < 1.29 is 9.59 Å². The summed E-state index contributed by atoms with van der Waals surface area (Å²) in [5.41, 5.74) is 3.01. The molecule has 10 nitrogen and oxygen atoms in total. The van der Waals surface area contributed by atoms with Crippen molar-refractivity contribution in [3.63, 3.8) is 0 Å². The van der Waals surface area contributed by atoms with Gasteiger partial charge >= 0.3 is 0 Å². The summed E-state index contributed by atoms with van der Waals surface area (Å²) in [5, 5.41) is 15.8. The third-order valence-electron chi connectivity index (χ3n) is 5.94. The van der Waals surface area contributed by atoms with Gasteiger partial charge < -0.3 is 5.32 Å². The van der Waals surface area contributed by atoms with E-state index in [0.29, 0.717) is 23.1 Å². The van der Waals surface area contributed by atoms with E-state index in [0.717, 1.165) is 24.2 Å². The smallest absolute Gasteiger partial charge is 0.276 e. The van der Waals surface area contributed by atoms with Gasteiger partial charge in [0, 0.05) is 31.1 Å². The molecular weight excluding hydrogens is 396 g/mol. The summed E-state index contributed by atoms with van der Waals surface area (Å²) in [4.78, 5) is 34.7. The number of hydrogen-bond donors (Lipinski definition) is 1. The van der Waals surface area contributed by atoms with Gasteiger partial charge in [-0.2, -0.15) is 10.2 Å². The van der Waals surface area contributed by atoms with Crippen molar-refractivity contribution in [1.29, 1.82) is 0 Å². The molecule has 3 aromatic heterocycles. The number of nitrogens with zero attached hydrogens (tertiary/aromatic N) is 7. The van der Waals surface area contributed by atoms with Crippen molar-refractivity contribution in [2.45, 2.75) is 33.2 Å². The molecule has 1 N–H and O–H groups in total. The molecule has 0 radical (unpaired) electrons. The zero-order valence-electron chi connectivity index (χ0n) is 17.5. The van der Waals surface area contributed by atoms with E-state index in [1.54, 1.807) is 35.1 Å². The number of piperidine rings is 1. The summed E-state index contributed by atoms with van der Waals surface area (Å²) in [6.45, 7) is 6.36. The first kappa shape index (κ1) is 19.3. The first-order valence-corrected chi connectivity index (χ1v) is 10.2. The zero-order valence-corrected chi connectivity index (χ0v) is 17.5. The highest BCUT2D eigenvalue weighted by Gasteiger charge is 2.53. The van der Waals surface area contributed by atoms with Crippen molar-refractivity contribution in [2.75, 3.05) is 16.8 Å². The van der Waals surface area contributed by atoms with Crippen molar-refractivity contribution in [2.24, 2.45) is 11.8 Å². The molecule has 0 unspecified atom stereocenters. The van der Waals surface area contributed by atoms with E-state index in [2.05, 4.69) is 30.6 Å². The third-order valence-corrected chi connectivity index (χ3v) is 5.94. The monoisotopic (exact) mass is 418 g/mol. The van der Waals surface area contributed by atoms with Gasteiger partial charge in [-0.15, -0.1) is 5.10 Å². The van der Waals surface area contributed by atoms with Crippen molar-refractivity contribution in [1.82, 2.24) is 29.9 Å². The van der Waals surface area contributed by atoms with Crippen LogP contribution >= 0.6 is 0 Å². The second kappa shape index (κ2) is 7.22. The van der Waals surface area contributed by atoms with Crippen LogP contribution in [0.2, 0.25) is 0 Å². The molecule has 158 valence electrons. The highest BCUT2D eigenvalue weighted by Crippen LogP contribution is 2.47. The van der Waals surface area contributed by atoms with Gasteiger partial charge in [-0.1, -0.05) is 0 Å². The van der Waals surface area contributed by atoms with Crippen LogP contribution in [0.4, 0.5) is 11.5 Å². The van der Waals surface area contributed by atoms with Crippen molar-refractivity contribution >= 4 is 23.3 Å². The Hall–Kier alpha value is -3.69. The maximum atomic E-state index is 12.4. The first-order valence-electron chi connectivity index (χ1n) is 10.2. The lowest BCUT2D eigenvalue weighted by Crippen LogP contribution is -2.30. The topological polar surface area (TPSA) is 119 Å². The summed E-state index contributed by atoms with van der Waals surface area (Å²) in [7, 11) is 0. The summed E-state index contributed by atoms with van der Waals surface area (Å²) in [6, 6.07) is 1.74. The Kier molecular flexibility index (Phi) is 4.49. The number of amides is 2. The van der Waals surface area contributed by atoms with Gasteiger partial charge in [-0.05, 0) is 44.7 Å². The lowest BCUT2D eigenvalue weighted by Gasteiger charge is -2.20. The highest BCUT2D eigenvalue weighted by atomic mass is 16.2. The fourth-order valence-corrected chi connectivity index (χ4v) is 4.01. The van der Waals surface area contributed by atoms with E-state index >= 15 is 0 Å². The Morgan fingerprint density at radius 1 is 1.23 bits per heavy atom. The average Bonchev–Trinajstić information content (AvgIpc) is 3.26. The van der Waals surface area contributed by atoms with Crippen LogP contribution in [0.1, 0.15) is 46.8 Å². The van der Waals surface area contributed by atoms with Crippen LogP contribution in [0.5, 0.6) is 0 Å². The molecule has 5 rings (SSSR count). The number of anilines is 2. The normalized spacial score (nSPS) is 20.5. The quantitative estimate of drug-likeness (QED) is 0.672. The Balaban J connectivity index is 1.31. The Morgan fingerprint density at radius 2 is 2.03 bits per heavy atom. The lowest BCUT2D eigenvalue weighted by atomic mass is 10.1. The van der Waals surface area contributed by atoms with Gasteiger partial charge in [0.1, 0.15) is 5.69 Å².